The maximum absolute atomic E-state index is 11.8. The van der Waals surface area contributed by atoms with Crippen LogP contribution in [0, 0.1) is 13.8 Å². The molecule has 0 aliphatic rings. The van der Waals surface area contributed by atoms with Crippen LogP contribution in [-0.4, -0.2) is 18.2 Å². The van der Waals surface area contributed by atoms with Gasteiger partial charge >= 0.3 is 0 Å². The van der Waals surface area contributed by atoms with Gasteiger partial charge in [0.05, 0.1) is 5.71 Å². The topological polar surface area (TPSA) is 50.7 Å². The first-order valence-electron chi connectivity index (χ1n) is 8.47. The smallest absolute Gasteiger partial charge is 0.277 e. The van der Waals surface area contributed by atoms with E-state index in [4.69, 9.17) is 4.74 Å². The molecule has 4 nitrogen and oxygen atoms in total. The number of hydrazone groups is 1. The summed E-state index contributed by atoms with van der Waals surface area (Å²) in [4.78, 5) is 11.8. The second kappa shape index (κ2) is 9.99. The zero-order valence-electron chi connectivity index (χ0n) is 15.4. The molecule has 2 aromatic carbocycles. The second-order valence-corrected chi connectivity index (χ2v) is 5.95. The Labute approximate surface area is 154 Å². The van der Waals surface area contributed by atoms with Crippen molar-refractivity contribution in [3.05, 3.63) is 83.4 Å². The van der Waals surface area contributed by atoms with Gasteiger partial charge in [-0.3, -0.25) is 4.79 Å². The number of benzene rings is 2. The Morgan fingerprint density at radius 1 is 1.08 bits per heavy atom. The van der Waals surface area contributed by atoms with Crippen LogP contribution in [-0.2, 0) is 4.79 Å². The number of ether oxygens (including phenoxy) is 1. The molecule has 2 rings (SSSR count). The monoisotopic (exact) mass is 348 g/mol. The average Bonchev–Trinajstić information content (AvgIpc) is 2.65. The van der Waals surface area contributed by atoms with Crippen molar-refractivity contribution in [3.63, 3.8) is 0 Å². The van der Waals surface area contributed by atoms with Crippen molar-refractivity contribution in [1.82, 2.24) is 5.43 Å². The van der Waals surface area contributed by atoms with Crippen LogP contribution in [0.5, 0.6) is 5.75 Å². The van der Waals surface area contributed by atoms with Crippen LogP contribution in [0.4, 0.5) is 0 Å². The lowest BCUT2D eigenvalue weighted by Gasteiger charge is -2.07. The lowest BCUT2D eigenvalue weighted by atomic mass is 10.1. The molecule has 4 heteroatoms. The van der Waals surface area contributed by atoms with Gasteiger partial charge < -0.3 is 4.74 Å². The number of hydrogen-bond donors (Lipinski definition) is 1. The molecule has 0 heterocycles. The zero-order chi connectivity index (χ0) is 18.8. The molecule has 1 amide bonds. The van der Waals surface area contributed by atoms with Crippen molar-refractivity contribution in [2.45, 2.75) is 20.8 Å². The number of hydrogen-bond acceptors (Lipinski definition) is 3. The highest BCUT2D eigenvalue weighted by Crippen LogP contribution is 2.16. The second-order valence-electron chi connectivity index (χ2n) is 5.95. The molecule has 2 aromatic rings. The standard InChI is InChI=1S/C22H24N2O2/c1-17-13-14-21(15-18(17)2)26-16-22(25)24-23-19(3)9-7-8-12-20-10-5-4-6-11-20/h4-15H,16H2,1-3H3,(H,24,25)/b9-7+,12-8+,23-19+. The highest BCUT2D eigenvalue weighted by atomic mass is 16.5. The maximum Gasteiger partial charge on any atom is 0.277 e. The minimum Gasteiger partial charge on any atom is -0.484 e. The lowest BCUT2D eigenvalue weighted by Crippen LogP contribution is -2.25. The van der Waals surface area contributed by atoms with Crippen molar-refractivity contribution in [1.29, 1.82) is 0 Å². The highest BCUT2D eigenvalue weighted by molar-refractivity contribution is 5.94. The van der Waals surface area contributed by atoms with E-state index >= 15 is 0 Å². The maximum atomic E-state index is 11.8. The number of nitrogens with one attached hydrogen (secondary N) is 1. The van der Waals surface area contributed by atoms with E-state index in [-0.39, 0.29) is 12.5 Å². The third-order valence-corrected chi connectivity index (χ3v) is 3.74. The van der Waals surface area contributed by atoms with Crippen LogP contribution in [0.15, 0.2) is 71.9 Å². The minimum absolute atomic E-state index is 0.0725. The normalized spacial score (nSPS) is 11.9. The van der Waals surface area contributed by atoms with Crippen LogP contribution in [0.2, 0.25) is 0 Å². The van der Waals surface area contributed by atoms with E-state index in [9.17, 15) is 4.79 Å². The van der Waals surface area contributed by atoms with Crippen molar-refractivity contribution in [2.24, 2.45) is 5.10 Å². The first-order chi connectivity index (χ1) is 12.5. The molecule has 1 N–H and O–H groups in total. The number of amides is 1. The molecular weight excluding hydrogens is 324 g/mol. The SMILES string of the molecule is CC(/C=C/C=C/c1ccccc1)=N\NC(=O)COc1ccc(C)c(C)c1. The molecule has 0 spiro atoms. The van der Waals surface area contributed by atoms with Crippen molar-refractivity contribution >= 4 is 17.7 Å². The largest absolute Gasteiger partial charge is 0.484 e. The molecule has 0 aromatic heterocycles. The van der Waals surface area contributed by atoms with E-state index in [0.29, 0.717) is 11.5 Å². The minimum atomic E-state index is -0.296. The van der Waals surface area contributed by atoms with E-state index in [2.05, 4.69) is 10.5 Å². The molecule has 134 valence electrons. The summed E-state index contributed by atoms with van der Waals surface area (Å²) < 4.78 is 5.47. The zero-order valence-corrected chi connectivity index (χ0v) is 15.4. The van der Waals surface area contributed by atoms with E-state index < -0.39 is 0 Å². The predicted molar refractivity (Wildman–Crippen MR) is 107 cm³/mol. The summed E-state index contributed by atoms with van der Waals surface area (Å²) in [5.41, 5.74) is 6.63. The number of carbonyl (C=O) groups excluding carboxylic acids is 1. The van der Waals surface area contributed by atoms with Gasteiger partial charge in [-0.25, -0.2) is 5.43 Å². The van der Waals surface area contributed by atoms with Crippen LogP contribution >= 0.6 is 0 Å². The summed E-state index contributed by atoms with van der Waals surface area (Å²) in [5, 5.41) is 4.03. The summed E-state index contributed by atoms with van der Waals surface area (Å²) in [6, 6.07) is 15.8. The Hall–Kier alpha value is -3.14. The van der Waals surface area contributed by atoms with Gasteiger partial charge in [0, 0.05) is 0 Å². The van der Waals surface area contributed by atoms with E-state index in [1.807, 2.05) is 93.6 Å². The number of aryl methyl sites for hydroxylation is 2. The molecule has 0 aliphatic heterocycles. The molecule has 0 unspecified atom stereocenters. The molecule has 0 bridgehead atoms. The first-order valence-corrected chi connectivity index (χ1v) is 8.47. The predicted octanol–water partition coefficient (Wildman–Crippen LogP) is 4.44. The third-order valence-electron chi connectivity index (χ3n) is 3.74. The Bertz CT molecular complexity index is 821. The summed E-state index contributed by atoms with van der Waals surface area (Å²) >= 11 is 0. The lowest BCUT2D eigenvalue weighted by molar-refractivity contribution is -0.123. The number of rotatable bonds is 7. The van der Waals surface area contributed by atoms with E-state index in [0.717, 1.165) is 11.1 Å². The van der Waals surface area contributed by atoms with Crippen LogP contribution in [0.25, 0.3) is 6.08 Å². The van der Waals surface area contributed by atoms with Crippen LogP contribution in [0.1, 0.15) is 23.6 Å². The summed E-state index contributed by atoms with van der Waals surface area (Å²) in [7, 11) is 0. The third kappa shape index (κ3) is 6.77. The molecule has 0 atom stereocenters. The van der Waals surface area contributed by atoms with Crippen LogP contribution < -0.4 is 10.2 Å². The summed E-state index contributed by atoms with van der Waals surface area (Å²) in [5.74, 6) is 0.380. The van der Waals surface area contributed by atoms with Gasteiger partial charge in [-0.15, -0.1) is 0 Å². The van der Waals surface area contributed by atoms with E-state index in [1.54, 1.807) is 0 Å². The van der Waals surface area contributed by atoms with Gasteiger partial charge in [0.15, 0.2) is 6.61 Å². The van der Waals surface area contributed by atoms with Gasteiger partial charge in [0.2, 0.25) is 0 Å². The number of allylic oxidation sites excluding steroid dienone is 3. The van der Waals surface area contributed by atoms with Crippen molar-refractivity contribution < 1.29 is 9.53 Å². The molecular formula is C22H24N2O2. The fourth-order valence-corrected chi connectivity index (χ4v) is 2.10. The fraction of sp³-hybridized carbons (Fsp3) is 0.182. The first kappa shape index (κ1) is 19.2. The molecule has 26 heavy (non-hydrogen) atoms. The molecule has 0 saturated heterocycles. The number of carbonyl (C=O) groups is 1. The van der Waals surface area contributed by atoms with Gasteiger partial charge in [-0.2, -0.15) is 5.10 Å². The van der Waals surface area contributed by atoms with Gasteiger partial charge in [-0.1, -0.05) is 54.6 Å². The molecule has 0 saturated carbocycles. The van der Waals surface area contributed by atoms with Crippen LogP contribution in [0.3, 0.4) is 0 Å². The van der Waals surface area contributed by atoms with Crippen molar-refractivity contribution in [2.75, 3.05) is 6.61 Å². The average molecular weight is 348 g/mol. The Morgan fingerprint density at radius 2 is 1.85 bits per heavy atom. The molecule has 0 fully saturated rings. The highest BCUT2D eigenvalue weighted by Gasteiger charge is 2.02. The molecule has 0 radical (unpaired) electrons. The summed E-state index contributed by atoms with van der Waals surface area (Å²) in [6.07, 6.45) is 7.63. The Kier molecular flexibility index (Phi) is 7.37. The fourth-order valence-electron chi connectivity index (χ4n) is 2.10. The molecule has 0 aliphatic carbocycles. The quantitative estimate of drug-likeness (QED) is 0.457. The van der Waals surface area contributed by atoms with E-state index in [1.165, 1.54) is 5.56 Å². The summed E-state index contributed by atoms with van der Waals surface area (Å²) in [6.45, 7) is 5.79. The Balaban J connectivity index is 1.76. The Morgan fingerprint density at radius 3 is 2.58 bits per heavy atom. The van der Waals surface area contributed by atoms with Crippen molar-refractivity contribution in [3.8, 4) is 5.75 Å². The van der Waals surface area contributed by atoms with Gasteiger partial charge in [0.1, 0.15) is 5.75 Å². The number of nitrogens with zero attached hydrogens (tertiary/aromatic N) is 1. The van der Waals surface area contributed by atoms with Gasteiger partial charge in [0.25, 0.3) is 5.91 Å². The van der Waals surface area contributed by atoms with Gasteiger partial charge in [-0.05, 0) is 55.7 Å².